The van der Waals surface area contributed by atoms with Crippen LogP contribution in [-0.4, -0.2) is 43.7 Å². The van der Waals surface area contributed by atoms with Crippen molar-refractivity contribution in [2.75, 3.05) is 27.9 Å². The second kappa shape index (κ2) is 7.89. The normalized spacial score (nSPS) is 17.7. The number of ether oxygens (including phenoxy) is 3. The van der Waals surface area contributed by atoms with Crippen LogP contribution in [0.15, 0.2) is 41.2 Å². The first-order valence-corrected chi connectivity index (χ1v) is 10.8. The van der Waals surface area contributed by atoms with Crippen LogP contribution in [0.2, 0.25) is 0 Å². The summed E-state index contributed by atoms with van der Waals surface area (Å²) < 4.78 is 16.3. The van der Waals surface area contributed by atoms with E-state index >= 15 is 0 Å². The number of fused-ring (bicyclic) bond motifs is 2. The molecule has 3 aromatic rings. The minimum absolute atomic E-state index is 0.0583. The van der Waals surface area contributed by atoms with Crippen LogP contribution in [0.3, 0.4) is 0 Å². The van der Waals surface area contributed by atoms with Gasteiger partial charge in [0.2, 0.25) is 5.91 Å². The number of nitrogens with one attached hydrogen (secondary N) is 1. The molecule has 1 amide bonds. The number of benzene rings is 2. The fourth-order valence-electron chi connectivity index (χ4n) is 4.61. The average molecular weight is 434 g/mol. The monoisotopic (exact) mass is 434 g/mol. The highest BCUT2D eigenvalue weighted by molar-refractivity contribution is 5.84. The molecule has 166 valence electrons. The van der Waals surface area contributed by atoms with E-state index in [0.717, 1.165) is 29.4 Å². The van der Waals surface area contributed by atoms with E-state index in [9.17, 15) is 9.59 Å². The Bertz CT molecular complexity index is 1260. The van der Waals surface area contributed by atoms with Gasteiger partial charge in [0.05, 0.1) is 32.9 Å². The molecular formula is C25H26N2O5. The predicted octanol–water partition coefficient (Wildman–Crippen LogP) is 3.44. The maximum Gasteiger partial charge on any atom is 0.254 e. The molecule has 1 aliphatic carbocycles. The largest absolute Gasteiger partial charge is 0.497 e. The highest BCUT2D eigenvalue weighted by atomic mass is 16.5. The summed E-state index contributed by atoms with van der Waals surface area (Å²) in [6, 6.07) is 10.8. The van der Waals surface area contributed by atoms with Crippen LogP contribution in [0.1, 0.15) is 35.6 Å². The molecular weight excluding hydrogens is 408 g/mol. The Morgan fingerprint density at radius 2 is 1.72 bits per heavy atom. The van der Waals surface area contributed by atoms with Crippen LogP contribution in [0.5, 0.6) is 17.2 Å². The standard InChI is InChI=1S/C25H26N2O5/c1-30-17-7-6-16-10-19(24(28)26-20(16)12-17)23-18-13-22(32-3)21(31-2)11-15(18)8-9-27(23)25(29)14-4-5-14/h6-7,10-14,23H,4-5,8-9H2,1-3H3,(H,26,28)/t23-/m0/s1. The maximum atomic E-state index is 13.3. The Balaban J connectivity index is 1.70. The fraction of sp³-hybridized carbons (Fsp3) is 0.360. The summed E-state index contributed by atoms with van der Waals surface area (Å²) in [6.07, 6.45) is 2.52. The minimum atomic E-state index is -0.484. The quantitative estimate of drug-likeness (QED) is 0.665. The molecule has 1 N–H and O–H groups in total. The van der Waals surface area contributed by atoms with Gasteiger partial charge in [-0.3, -0.25) is 9.59 Å². The summed E-state index contributed by atoms with van der Waals surface area (Å²) in [5.74, 6) is 2.07. The van der Waals surface area contributed by atoms with Crippen molar-refractivity contribution in [3.05, 3.63) is 63.4 Å². The van der Waals surface area contributed by atoms with Crippen molar-refractivity contribution in [3.63, 3.8) is 0 Å². The van der Waals surface area contributed by atoms with Crippen LogP contribution in [0.4, 0.5) is 0 Å². The van der Waals surface area contributed by atoms with Gasteiger partial charge in [-0.15, -0.1) is 0 Å². The molecule has 1 fully saturated rings. The van der Waals surface area contributed by atoms with Gasteiger partial charge in [0.1, 0.15) is 5.75 Å². The molecule has 0 bridgehead atoms. The number of aromatic nitrogens is 1. The summed E-state index contributed by atoms with van der Waals surface area (Å²) in [4.78, 5) is 31.4. The van der Waals surface area contributed by atoms with Crippen LogP contribution in [0, 0.1) is 5.92 Å². The number of hydrogen-bond acceptors (Lipinski definition) is 5. The third-order valence-corrected chi connectivity index (χ3v) is 6.46. The minimum Gasteiger partial charge on any atom is -0.497 e. The molecule has 0 saturated heterocycles. The third-order valence-electron chi connectivity index (χ3n) is 6.46. The first-order valence-electron chi connectivity index (χ1n) is 10.8. The summed E-state index contributed by atoms with van der Waals surface area (Å²) >= 11 is 0. The Morgan fingerprint density at radius 3 is 2.41 bits per heavy atom. The molecule has 5 rings (SSSR count). The molecule has 1 aromatic heterocycles. The lowest BCUT2D eigenvalue weighted by Gasteiger charge is -2.38. The van der Waals surface area contributed by atoms with E-state index in [0.29, 0.717) is 41.3 Å². The number of carbonyl (C=O) groups is 1. The lowest BCUT2D eigenvalue weighted by molar-refractivity contribution is -0.134. The van der Waals surface area contributed by atoms with Gasteiger partial charge in [-0.05, 0) is 66.1 Å². The molecule has 2 heterocycles. The van der Waals surface area contributed by atoms with Crippen molar-refractivity contribution in [1.82, 2.24) is 9.88 Å². The van der Waals surface area contributed by atoms with Crippen molar-refractivity contribution in [2.45, 2.75) is 25.3 Å². The lowest BCUT2D eigenvalue weighted by atomic mass is 9.87. The van der Waals surface area contributed by atoms with Crippen LogP contribution < -0.4 is 19.8 Å². The van der Waals surface area contributed by atoms with Gasteiger partial charge in [0.25, 0.3) is 5.56 Å². The maximum absolute atomic E-state index is 13.3. The van der Waals surface area contributed by atoms with Crippen molar-refractivity contribution in [1.29, 1.82) is 0 Å². The van der Waals surface area contributed by atoms with Crippen molar-refractivity contribution < 1.29 is 19.0 Å². The molecule has 0 spiro atoms. The predicted molar refractivity (Wildman–Crippen MR) is 121 cm³/mol. The van der Waals surface area contributed by atoms with E-state index < -0.39 is 6.04 Å². The molecule has 1 aliphatic heterocycles. The molecule has 2 aromatic carbocycles. The molecule has 1 saturated carbocycles. The Hall–Kier alpha value is -3.48. The molecule has 7 heteroatoms. The van der Waals surface area contributed by atoms with E-state index in [1.54, 1.807) is 27.4 Å². The smallest absolute Gasteiger partial charge is 0.254 e. The summed E-state index contributed by atoms with van der Waals surface area (Å²) in [7, 11) is 4.79. The van der Waals surface area contributed by atoms with Crippen LogP contribution in [-0.2, 0) is 11.2 Å². The first-order chi connectivity index (χ1) is 15.5. The molecule has 7 nitrogen and oxygen atoms in total. The van der Waals surface area contributed by atoms with E-state index in [1.165, 1.54) is 0 Å². The number of methoxy groups -OCH3 is 3. The molecule has 0 unspecified atom stereocenters. The summed E-state index contributed by atoms with van der Waals surface area (Å²) in [5, 5.41) is 0.881. The second-order valence-corrected chi connectivity index (χ2v) is 8.37. The molecule has 0 radical (unpaired) electrons. The number of aromatic amines is 1. The molecule has 2 aliphatic rings. The van der Waals surface area contributed by atoms with E-state index in [-0.39, 0.29) is 17.4 Å². The topological polar surface area (TPSA) is 80.9 Å². The van der Waals surface area contributed by atoms with Crippen LogP contribution in [0.25, 0.3) is 10.9 Å². The highest BCUT2D eigenvalue weighted by Gasteiger charge is 2.40. The fourth-order valence-corrected chi connectivity index (χ4v) is 4.61. The van der Waals surface area contributed by atoms with Gasteiger partial charge in [0.15, 0.2) is 11.5 Å². The van der Waals surface area contributed by atoms with Crippen molar-refractivity contribution >= 4 is 16.8 Å². The Kier molecular flexibility index (Phi) is 5.04. The first kappa shape index (κ1) is 20.4. The number of rotatable bonds is 5. The van der Waals surface area contributed by atoms with Gasteiger partial charge in [-0.1, -0.05) is 0 Å². The van der Waals surface area contributed by atoms with Crippen molar-refractivity contribution in [3.8, 4) is 17.2 Å². The van der Waals surface area contributed by atoms with Gasteiger partial charge in [0, 0.05) is 24.1 Å². The zero-order valence-corrected chi connectivity index (χ0v) is 18.4. The molecule has 1 atom stereocenters. The zero-order chi connectivity index (χ0) is 22.4. The third kappa shape index (κ3) is 3.38. The van der Waals surface area contributed by atoms with Gasteiger partial charge in [-0.25, -0.2) is 0 Å². The molecule has 32 heavy (non-hydrogen) atoms. The second-order valence-electron chi connectivity index (χ2n) is 8.37. The van der Waals surface area contributed by atoms with Crippen LogP contribution >= 0.6 is 0 Å². The summed E-state index contributed by atoms with van der Waals surface area (Å²) in [6.45, 7) is 0.558. The number of pyridine rings is 1. The van der Waals surface area contributed by atoms with Gasteiger partial charge < -0.3 is 24.1 Å². The average Bonchev–Trinajstić information content (AvgIpc) is 3.66. The number of carbonyl (C=O) groups excluding carboxylic acids is 1. The number of H-pyrrole nitrogens is 1. The van der Waals surface area contributed by atoms with E-state index in [1.807, 2.05) is 35.2 Å². The lowest BCUT2D eigenvalue weighted by Crippen LogP contribution is -2.43. The Morgan fingerprint density at radius 1 is 0.969 bits per heavy atom. The summed E-state index contributed by atoms with van der Waals surface area (Å²) in [5.41, 5.74) is 2.99. The number of amides is 1. The van der Waals surface area contributed by atoms with Gasteiger partial charge in [-0.2, -0.15) is 0 Å². The van der Waals surface area contributed by atoms with Gasteiger partial charge >= 0.3 is 0 Å². The zero-order valence-electron chi connectivity index (χ0n) is 18.4. The SMILES string of the molecule is COc1ccc2cc([C@@H]3c4cc(OC)c(OC)cc4CCN3C(=O)C3CC3)c(=O)[nH]c2c1. The highest BCUT2D eigenvalue weighted by Crippen LogP contribution is 2.43. The van der Waals surface area contributed by atoms with Crippen molar-refractivity contribution in [2.24, 2.45) is 5.92 Å². The Labute approximate surface area is 185 Å². The van der Waals surface area contributed by atoms with E-state index in [4.69, 9.17) is 14.2 Å². The number of hydrogen-bond donors (Lipinski definition) is 1. The number of nitrogens with zero attached hydrogens (tertiary/aromatic N) is 1. The van der Waals surface area contributed by atoms with E-state index in [2.05, 4.69) is 4.98 Å².